The van der Waals surface area contributed by atoms with Crippen LogP contribution in [0, 0.1) is 53.4 Å². The summed E-state index contributed by atoms with van der Waals surface area (Å²) < 4.78 is 15.2. The van der Waals surface area contributed by atoms with Gasteiger partial charge in [0.1, 0.15) is 0 Å². The Morgan fingerprint density at radius 1 is 0.491 bits per heavy atom. The molecule has 55 heavy (non-hydrogen) atoms. The summed E-state index contributed by atoms with van der Waals surface area (Å²) in [5, 5.41) is 2.72. The summed E-state index contributed by atoms with van der Waals surface area (Å²) in [6, 6.07) is 48.8. The van der Waals surface area contributed by atoms with Crippen LogP contribution < -0.4 is 32.3 Å². The first-order valence-corrected chi connectivity index (χ1v) is 22.3. The van der Waals surface area contributed by atoms with Gasteiger partial charge in [0, 0.05) is 15.9 Å². The molecule has 0 amide bonds. The van der Waals surface area contributed by atoms with E-state index < -0.39 is 7.14 Å². The van der Waals surface area contributed by atoms with Gasteiger partial charge in [-0.1, -0.05) is 183 Å². The Morgan fingerprint density at radius 2 is 0.855 bits per heavy atom. The van der Waals surface area contributed by atoms with Crippen LogP contribution in [0.5, 0.6) is 0 Å². The molecule has 0 saturated heterocycles. The van der Waals surface area contributed by atoms with Crippen LogP contribution in [-0.4, -0.2) is 6.71 Å². The van der Waals surface area contributed by atoms with Crippen molar-refractivity contribution in [2.75, 3.05) is 0 Å². The molecular weight excluding hydrogens is 682 g/mol. The molecule has 6 aromatic carbocycles. The summed E-state index contributed by atoms with van der Waals surface area (Å²) in [6.45, 7) is 13.8. The highest BCUT2D eigenvalue weighted by atomic mass is 31.2. The third-order valence-electron chi connectivity index (χ3n) is 14.1. The fourth-order valence-electron chi connectivity index (χ4n) is 12.5. The van der Waals surface area contributed by atoms with E-state index in [1.54, 1.807) is 0 Å². The van der Waals surface area contributed by atoms with E-state index >= 15 is 4.57 Å². The minimum atomic E-state index is -3.01. The lowest BCUT2D eigenvalue weighted by Gasteiger charge is -2.63. The minimum absolute atomic E-state index is 0.166. The van der Waals surface area contributed by atoms with Crippen LogP contribution in [0.4, 0.5) is 0 Å². The van der Waals surface area contributed by atoms with Crippen molar-refractivity contribution >= 4 is 46.2 Å². The van der Waals surface area contributed by atoms with Crippen molar-refractivity contribution < 1.29 is 4.57 Å². The fourth-order valence-corrected chi connectivity index (χ4v) is 15.1. The minimum Gasteiger partial charge on any atom is -0.309 e. The van der Waals surface area contributed by atoms with Crippen molar-refractivity contribution in [3.63, 3.8) is 0 Å². The van der Waals surface area contributed by atoms with Gasteiger partial charge >= 0.3 is 0 Å². The third-order valence-corrected chi connectivity index (χ3v) is 17.1. The lowest BCUT2D eigenvalue weighted by molar-refractivity contribution is -0.0281. The highest BCUT2D eigenvalue weighted by Crippen LogP contribution is 2.66. The summed E-state index contributed by atoms with van der Waals surface area (Å²) in [6.07, 6.45) is 7.73. The predicted molar refractivity (Wildman–Crippen MR) is 236 cm³/mol. The topological polar surface area (TPSA) is 17.1 Å². The van der Waals surface area contributed by atoms with Gasteiger partial charge in [0.15, 0.2) is 7.14 Å². The molecule has 4 bridgehead atoms. The average molecular weight is 737 g/mol. The molecule has 4 saturated carbocycles. The Kier molecular flexibility index (Phi) is 9.01. The van der Waals surface area contributed by atoms with Gasteiger partial charge in [-0.25, -0.2) is 0 Å². The maximum absolute atomic E-state index is 15.2. The Labute approximate surface area is 330 Å². The summed E-state index contributed by atoms with van der Waals surface area (Å²) in [5.41, 5.74) is 15.8. The van der Waals surface area contributed by atoms with Crippen LogP contribution in [0.15, 0.2) is 133 Å². The SMILES string of the molecule is Cc1cc(C)c(B(c2ccc(C34CC5CC(C3)CC(c3ccc(P(=O)(c6ccccc6)c6ccccc6)cc3)(C5)C4)cc2)c2c(C)cc(C)cc2C)c(C)c1. The number of benzene rings is 6. The van der Waals surface area contributed by atoms with Gasteiger partial charge in [0.2, 0.25) is 6.71 Å². The van der Waals surface area contributed by atoms with Gasteiger partial charge in [-0.2, -0.15) is 0 Å². The zero-order chi connectivity index (χ0) is 38.1. The zero-order valence-electron chi connectivity index (χ0n) is 33.5. The molecule has 10 rings (SSSR count). The maximum atomic E-state index is 15.2. The fraction of sp³-hybridized carbons (Fsp3) is 0.308. The van der Waals surface area contributed by atoms with Gasteiger partial charge < -0.3 is 4.57 Å². The molecule has 0 heterocycles. The van der Waals surface area contributed by atoms with Crippen LogP contribution >= 0.6 is 7.14 Å². The number of rotatable bonds is 8. The van der Waals surface area contributed by atoms with E-state index in [9.17, 15) is 0 Å². The van der Waals surface area contributed by atoms with E-state index in [0.29, 0.717) is 0 Å². The molecule has 4 fully saturated rings. The molecule has 276 valence electrons. The first-order valence-electron chi connectivity index (χ1n) is 20.6. The van der Waals surface area contributed by atoms with E-state index in [4.69, 9.17) is 0 Å². The maximum Gasteiger partial charge on any atom is 0.242 e. The first kappa shape index (κ1) is 36.3. The molecule has 2 atom stereocenters. The van der Waals surface area contributed by atoms with Crippen molar-refractivity contribution in [2.45, 2.75) is 90.9 Å². The normalized spacial score (nSPS) is 22.9. The molecule has 2 unspecified atom stereocenters. The second kappa shape index (κ2) is 13.7. The zero-order valence-corrected chi connectivity index (χ0v) is 34.4. The van der Waals surface area contributed by atoms with Crippen molar-refractivity contribution in [1.29, 1.82) is 0 Å². The van der Waals surface area contributed by atoms with E-state index in [1.807, 2.05) is 60.7 Å². The summed E-state index contributed by atoms with van der Waals surface area (Å²) in [5.74, 6) is 1.51. The highest BCUT2D eigenvalue weighted by molar-refractivity contribution is 7.85. The second-order valence-electron chi connectivity index (χ2n) is 18.0. The summed E-state index contributed by atoms with van der Waals surface area (Å²) in [4.78, 5) is 0. The molecule has 4 aliphatic rings. The smallest absolute Gasteiger partial charge is 0.242 e. The number of hydrogen-bond acceptors (Lipinski definition) is 1. The van der Waals surface area contributed by atoms with Crippen LogP contribution in [-0.2, 0) is 15.4 Å². The molecule has 3 heteroatoms. The molecule has 0 N–H and O–H groups in total. The Bertz CT molecular complexity index is 2270. The highest BCUT2D eigenvalue weighted by Gasteiger charge is 2.58. The number of hydrogen-bond donors (Lipinski definition) is 0. The Balaban J connectivity index is 1.08. The van der Waals surface area contributed by atoms with Crippen LogP contribution in [0.3, 0.4) is 0 Å². The summed E-state index contributed by atoms with van der Waals surface area (Å²) in [7, 11) is -3.01. The standard InChI is InChI=1S/C52H54BOP/c1-35-25-37(3)49(38(4)26-35)53(50-39(5)27-36(2)28-40(50)6)45-21-17-43(18-22-45)51-30-41-29-42(31-51)33-52(32-41,34-51)44-19-23-48(24-20-44)55(54,46-13-9-7-10-14-46)47-15-11-8-12-16-47/h7-28,41-42H,29-34H2,1-6H3. The predicted octanol–water partition coefficient (Wildman–Crippen LogP) is 9.48. The second-order valence-corrected chi connectivity index (χ2v) is 20.8. The lowest BCUT2D eigenvalue weighted by atomic mass is 9.34. The van der Waals surface area contributed by atoms with E-state index in [1.165, 1.54) is 99.4 Å². The van der Waals surface area contributed by atoms with Gasteiger partial charge in [-0.3, -0.25) is 0 Å². The van der Waals surface area contributed by atoms with Gasteiger partial charge in [0.25, 0.3) is 0 Å². The lowest BCUT2D eigenvalue weighted by Crippen LogP contribution is -2.57. The molecule has 0 spiro atoms. The quantitative estimate of drug-likeness (QED) is 0.112. The first-order chi connectivity index (χ1) is 26.5. The van der Waals surface area contributed by atoms with E-state index in [-0.39, 0.29) is 17.5 Å². The van der Waals surface area contributed by atoms with Crippen LogP contribution in [0.2, 0.25) is 0 Å². The molecular formula is C52H54BOP. The molecule has 1 nitrogen and oxygen atoms in total. The Morgan fingerprint density at radius 3 is 1.25 bits per heavy atom. The van der Waals surface area contributed by atoms with Gasteiger partial charge in [0.05, 0.1) is 0 Å². The molecule has 4 aliphatic carbocycles. The Hall–Kier alpha value is -4.39. The number of aryl methyl sites for hydroxylation is 6. The van der Waals surface area contributed by atoms with Crippen LogP contribution in [0.25, 0.3) is 0 Å². The van der Waals surface area contributed by atoms with Crippen molar-refractivity contribution in [1.82, 2.24) is 0 Å². The third kappa shape index (κ3) is 6.12. The van der Waals surface area contributed by atoms with Crippen LogP contribution in [0.1, 0.15) is 83.0 Å². The molecule has 6 aromatic rings. The monoisotopic (exact) mass is 736 g/mol. The largest absolute Gasteiger partial charge is 0.309 e. The average Bonchev–Trinajstić information content (AvgIpc) is 3.16. The van der Waals surface area contributed by atoms with Gasteiger partial charge in [-0.05, 0) is 114 Å². The van der Waals surface area contributed by atoms with Crippen molar-refractivity contribution in [3.05, 3.63) is 178 Å². The van der Waals surface area contributed by atoms with Crippen molar-refractivity contribution in [3.8, 4) is 0 Å². The molecule has 0 aliphatic heterocycles. The van der Waals surface area contributed by atoms with E-state index in [0.717, 1.165) is 27.7 Å². The van der Waals surface area contributed by atoms with Gasteiger partial charge in [-0.15, -0.1) is 0 Å². The van der Waals surface area contributed by atoms with E-state index in [2.05, 4.69) is 114 Å². The molecule has 0 radical (unpaired) electrons. The molecule has 0 aromatic heterocycles. The summed E-state index contributed by atoms with van der Waals surface area (Å²) >= 11 is 0. The van der Waals surface area contributed by atoms with Crippen molar-refractivity contribution in [2.24, 2.45) is 11.8 Å².